The lowest BCUT2D eigenvalue weighted by atomic mass is 9.95. The second-order valence-corrected chi connectivity index (χ2v) is 14.2. The average Bonchev–Trinajstić information content (AvgIpc) is 3.72. The van der Waals surface area contributed by atoms with Crippen molar-refractivity contribution in [1.29, 1.82) is 0 Å². The van der Waals surface area contributed by atoms with Gasteiger partial charge >= 0.3 is 0 Å². The van der Waals surface area contributed by atoms with E-state index in [0.717, 1.165) is 24.0 Å². The Morgan fingerprint density at radius 2 is 1.49 bits per heavy atom. The normalized spacial score (nSPS) is 24.1. The summed E-state index contributed by atoms with van der Waals surface area (Å²) in [5, 5.41) is 11.1. The molecule has 3 fully saturated rings. The molecular weight excluding hydrogens is 637 g/mol. The summed E-state index contributed by atoms with van der Waals surface area (Å²) in [4.78, 5) is 28.9. The van der Waals surface area contributed by atoms with Gasteiger partial charge < -0.3 is 15.0 Å². The first kappa shape index (κ1) is 31.8. The predicted octanol–water partition coefficient (Wildman–Crippen LogP) is 3.96. The molecule has 13 heteroatoms. The van der Waals surface area contributed by atoms with Gasteiger partial charge in [-0.2, -0.15) is 4.31 Å². The number of carbonyl (C=O) groups excluding carboxylic acids is 2. The van der Waals surface area contributed by atoms with Crippen LogP contribution in [0.25, 0.3) is 0 Å². The highest BCUT2D eigenvalue weighted by Gasteiger charge is 2.55. The molecule has 3 aromatic carbocycles. The maximum Gasteiger partial charge on any atom is 0.263 e. The highest BCUT2D eigenvalue weighted by Crippen LogP contribution is 2.45. The number of piperazine rings is 1. The van der Waals surface area contributed by atoms with Gasteiger partial charge in [-0.1, -0.05) is 47.5 Å². The minimum Gasteiger partial charge on any atom is -0.493 e. The van der Waals surface area contributed by atoms with E-state index in [1.54, 1.807) is 30.3 Å². The molecule has 6 rings (SSSR count). The zero-order valence-electron chi connectivity index (χ0n) is 24.8. The standard InChI is InChI=1S/C32H35Cl2N5O5S/c1-2-44-27-14-13-25(45(42,43)39-16-3-4-17-39)19-26(27)32(31(41)38-18-15-35-28(40)20-38)36-29(21-5-9-23(33)10-6-21)30(37-32)22-7-11-24(34)12-8-22/h5-14,19,29-30,36-37H,2-4,15-18,20H2,1H3,(H,35,40). The SMILES string of the molecule is CCOc1ccc(S(=O)(=O)N2CCCC2)cc1C1(C(=O)N2CCNC(=O)C2)NC(c2ccc(Cl)cc2)C(c2ccc(Cl)cc2)N1. The first-order valence-corrected chi connectivity index (χ1v) is 17.2. The third-order valence-corrected chi connectivity index (χ3v) is 10.9. The maximum absolute atomic E-state index is 14.9. The fraction of sp³-hybridized carbons (Fsp3) is 0.375. The number of amides is 2. The maximum atomic E-state index is 14.9. The molecule has 10 nitrogen and oxygen atoms in total. The van der Waals surface area contributed by atoms with Gasteiger partial charge in [0.25, 0.3) is 5.91 Å². The van der Waals surface area contributed by atoms with Gasteiger partial charge in [0, 0.05) is 41.8 Å². The Kier molecular flexibility index (Phi) is 9.11. The molecule has 3 heterocycles. The van der Waals surface area contributed by atoms with Crippen LogP contribution in [0.2, 0.25) is 10.0 Å². The summed E-state index contributed by atoms with van der Waals surface area (Å²) in [5.74, 6) is -0.356. The Balaban J connectivity index is 1.56. The molecule has 0 aliphatic carbocycles. The molecule has 3 saturated heterocycles. The van der Waals surface area contributed by atoms with Gasteiger partial charge in [0.05, 0.1) is 30.1 Å². The summed E-state index contributed by atoms with van der Waals surface area (Å²) in [5.41, 5.74) is 0.317. The van der Waals surface area contributed by atoms with Crippen LogP contribution in [-0.2, 0) is 25.3 Å². The molecular formula is C32H35Cl2N5O5S. The van der Waals surface area contributed by atoms with Crippen molar-refractivity contribution < 1.29 is 22.7 Å². The number of nitrogens with one attached hydrogen (secondary N) is 3. The number of ether oxygens (including phenoxy) is 1. The van der Waals surface area contributed by atoms with E-state index in [1.165, 1.54) is 21.3 Å². The first-order chi connectivity index (χ1) is 21.6. The van der Waals surface area contributed by atoms with E-state index in [9.17, 15) is 18.0 Å². The Hall–Kier alpha value is -3.19. The fourth-order valence-electron chi connectivity index (χ4n) is 6.33. The van der Waals surface area contributed by atoms with E-state index in [4.69, 9.17) is 27.9 Å². The monoisotopic (exact) mass is 671 g/mol. The summed E-state index contributed by atoms with van der Waals surface area (Å²) in [6.07, 6.45) is 1.58. The van der Waals surface area contributed by atoms with Crippen LogP contribution in [-0.4, -0.2) is 68.8 Å². The van der Waals surface area contributed by atoms with Crippen molar-refractivity contribution in [1.82, 2.24) is 25.2 Å². The molecule has 3 aliphatic rings. The quantitative estimate of drug-likeness (QED) is 0.332. The minimum atomic E-state index is -3.85. The smallest absolute Gasteiger partial charge is 0.263 e. The van der Waals surface area contributed by atoms with Crippen LogP contribution >= 0.6 is 23.2 Å². The van der Waals surface area contributed by atoms with Crippen molar-refractivity contribution in [2.45, 2.75) is 42.4 Å². The van der Waals surface area contributed by atoms with Gasteiger partial charge in [-0.15, -0.1) is 0 Å². The summed E-state index contributed by atoms with van der Waals surface area (Å²) < 4.78 is 35.1. The minimum absolute atomic E-state index is 0.0630. The Morgan fingerprint density at radius 1 is 0.911 bits per heavy atom. The number of halogens is 2. The average molecular weight is 673 g/mol. The van der Waals surface area contributed by atoms with Gasteiger partial charge in [0.2, 0.25) is 15.9 Å². The third kappa shape index (κ3) is 6.17. The molecule has 0 bridgehead atoms. The number of rotatable bonds is 8. The van der Waals surface area contributed by atoms with Crippen molar-refractivity contribution in [2.24, 2.45) is 0 Å². The number of sulfonamides is 1. The van der Waals surface area contributed by atoms with Crippen LogP contribution < -0.4 is 20.7 Å². The van der Waals surface area contributed by atoms with Gasteiger partial charge in [0.1, 0.15) is 5.75 Å². The number of nitrogens with zero attached hydrogens (tertiary/aromatic N) is 2. The molecule has 3 aromatic rings. The lowest BCUT2D eigenvalue weighted by Crippen LogP contribution is -2.62. The van der Waals surface area contributed by atoms with Crippen molar-refractivity contribution in [3.05, 3.63) is 93.5 Å². The summed E-state index contributed by atoms with van der Waals surface area (Å²) in [7, 11) is -3.85. The van der Waals surface area contributed by atoms with E-state index < -0.39 is 33.7 Å². The van der Waals surface area contributed by atoms with Crippen LogP contribution in [0.3, 0.4) is 0 Å². The number of carbonyl (C=O) groups is 2. The molecule has 3 aliphatic heterocycles. The molecule has 2 atom stereocenters. The molecule has 0 aromatic heterocycles. The number of benzene rings is 3. The van der Waals surface area contributed by atoms with Gasteiger partial charge in [0.15, 0.2) is 5.66 Å². The number of hydrogen-bond donors (Lipinski definition) is 3. The molecule has 0 radical (unpaired) electrons. The van der Waals surface area contributed by atoms with Crippen LogP contribution in [0.15, 0.2) is 71.6 Å². The Morgan fingerprint density at radius 3 is 2.02 bits per heavy atom. The molecule has 0 spiro atoms. The topological polar surface area (TPSA) is 120 Å². The highest BCUT2D eigenvalue weighted by molar-refractivity contribution is 7.89. The van der Waals surface area contributed by atoms with Crippen LogP contribution in [0, 0.1) is 0 Å². The van der Waals surface area contributed by atoms with Gasteiger partial charge in [-0.05, 0) is 73.4 Å². The van der Waals surface area contributed by atoms with Crippen LogP contribution in [0.1, 0.15) is 48.5 Å². The van der Waals surface area contributed by atoms with Crippen molar-refractivity contribution in [3.8, 4) is 5.75 Å². The molecule has 3 N–H and O–H groups in total. The van der Waals surface area contributed by atoms with Gasteiger partial charge in [-0.25, -0.2) is 8.42 Å². The summed E-state index contributed by atoms with van der Waals surface area (Å²) >= 11 is 12.5. The zero-order valence-corrected chi connectivity index (χ0v) is 27.1. The van der Waals surface area contributed by atoms with E-state index in [-0.39, 0.29) is 30.5 Å². The highest BCUT2D eigenvalue weighted by atomic mass is 35.5. The van der Waals surface area contributed by atoms with E-state index >= 15 is 0 Å². The van der Waals surface area contributed by atoms with Crippen molar-refractivity contribution >= 4 is 45.0 Å². The largest absolute Gasteiger partial charge is 0.493 e. The molecule has 2 amide bonds. The second-order valence-electron chi connectivity index (χ2n) is 11.4. The second kappa shape index (κ2) is 12.9. The summed E-state index contributed by atoms with van der Waals surface area (Å²) in [6.45, 7) is 3.41. The predicted molar refractivity (Wildman–Crippen MR) is 172 cm³/mol. The lowest BCUT2D eigenvalue weighted by Gasteiger charge is -2.38. The summed E-state index contributed by atoms with van der Waals surface area (Å²) in [6, 6.07) is 18.4. The molecule has 45 heavy (non-hydrogen) atoms. The van der Waals surface area contributed by atoms with Crippen molar-refractivity contribution in [3.63, 3.8) is 0 Å². The number of hydrogen-bond acceptors (Lipinski definition) is 7. The van der Waals surface area contributed by atoms with Crippen molar-refractivity contribution in [2.75, 3.05) is 39.3 Å². The Bertz CT molecular complexity index is 1630. The Labute approximate surface area is 273 Å². The lowest BCUT2D eigenvalue weighted by molar-refractivity contribution is -0.144. The third-order valence-electron chi connectivity index (χ3n) is 8.54. The zero-order chi connectivity index (χ0) is 31.8. The van der Waals surface area contributed by atoms with Crippen LogP contribution in [0.5, 0.6) is 5.75 Å². The van der Waals surface area contributed by atoms with Gasteiger partial charge in [-0.3, -0.25) is 20.2 Å². The molecule has 2 unspecified atom stereocenters. The van der Waals surface area contributed by atoms with E-state index in [0.29, 0.717) is 41.0 Å². The van der Waals surface area contributed by atoms with E-state index in [2.05, 4.69) is 16.0 Å². The van der Waals surface area contributed by atoms with E-state index in [1.807, 2.05) is 31.2 Å². The fourth-order valence-corrected chi connectivity index (χ4v) is 8.13. The van der Waals surface area contributed by atoms with Crippen LogP contribution in [0.4, 0.5) is 0 Å². The molecule has 238 valence electrons. The molecule has 0 saturated carbocycles. The first-order valence-electron chi connectivity index (χ1n) is 15.0.